The molecule has 0 aromatic heterocycles. The summed E-state index contributed by atoms with van der Waals surface area (Å²) in [5, 5.41) is 3.32. The molecular weight excluding hydrogens is 269 g/mol. The van der Waals surface area contributed by atoms with Gasteiger partial charge in [-0.2, -0.15) is 0 Å². The van der Waals surface area contributed by atoms with Crippen molar-refractivity contribution < 1.29 is 9.13 Å². The van der Waals surface area contributed by atoms with Crippen LogP contribution in [-0.2, 0) is 11.3 Å². The highest BCUT2D eigenvalue weighted by Gasteiger charge is 2.18. The Labute approximate surface area is 126 Å². The fraction of sp³-hybridized carbons (Fsp3) is 0.562. The molecule has 1 aromatic carbocycles. The summed E-state index contributed by atoms with van der Waals surface area (Å²) < 4.78 is 18.7. The lowest BCUT2D eigenvalue weighted by molar-refractivity contribution is 0.181. The van der Waals surface area contributed by atoms with Gasteiger partial charge in [-0.15, -0.1) is 0 Å². The van der Waals surface area contributed by atoms with E-state index in [9.17, 15) is 4.39 Å². The molecule has 0 bridgehead atoms. The summed E-state index contributed by atoms with van der Waals surface area (Å²) in [5.74, 6) is 1.26. The highest BCUT2D eigenvalue weighted by molar-refractivity contribution is 5.79. The maximum atomic E-state index is 13.3. The summed E-state index contributed by atoms with van der Waals surface area (Å²) in [6.07, 6.45) is 1.11. The first-order valence-electron chi connectivity index (χ1n) is 7.34. The predicted molar refractivity (Wildman–Crippen MR) is 82.9 cm³/mol. The fourth-order valence-electron chi connectivity index (χ4n) is 2.58. The van der Waals surface area contributed by atoms with Crippen LogP contribution in [-0.4, -0.2) is 44.7 Å². The number of guanidine groups is 1. The third kappa shape index (κ3) is 4.43. The van der Waals surface area contributed by atoms with Crippen molar-refractivity contribution in [3.8, 4) is 0 Å². The Morgan fingerprint density at radius 2 is 2.33 bits per heavy atom. The summed E-state index contributed by atoms with van der Waals surface area (Å²) in [4.78, 5) is 6.42. The molecule has 1 saturated heterocycles. The Balaban J connectivity index is 1.88. The topological polar surface area (TPSA) is 36.9 Å². The first-order chi connectivity index (χ1) is 10.1. The molecule has 1 atom stereocenters. The molecule has 4 nitrogen and oxygen atoms in total. The number of nitrogens with zero attached hydrogens (tertiary/aromatic N) is 2. The third-order valence-corrected chi connectivity index (χ3v) is 3.80. The second kappa shape index (κ2) is 7.41. The average molecular weight is 293 g/mol. The Hall–Kier alpha value is -1.62. The first kappa shape index (κ1) is 15.8. The van der Waals surface area contributed by atoms with E-state index in [0.717, 1.165) is 37.7 Å². The van der Waals surface area contributed by atoms with Gasteiger partial charge in [0.15, 0.2) is 5.96 Å². The summed E-state index contributed by atoms with van der Waals surface area (Å²) in [6.45, 7) is 5.04. The fourth-order valence-corrected chi connectivity index (χ4v) is 2.58. The summed E-state index contributed by atoms with van der Waals surface area (Å²) >= 11 is 0. The van der Waals surface area contributed by atoms with E-state index in [1.165, 1.54) is 6.07 Å². The van der Waals surface area contributed by atoms with E-state index in [-0.39, 0.29) is 5.82 Å². The Morgan fingerprint density at radius 3 is 2.95 bits per heavy atom. The summed E-state index contributed by atoms with van der Waals surface area (Å²) in [7, 11) is 3.81. The van der Waals surface area contributed by atoms with Crippen LogP contribution in [0.25, 0.3) is 0 Å². The van der Waals surface area contributed by atoms with E-state index < -0.39 is 0 Å². The average Bonchev–Trinajstić information content (AvgIpc) is 2.96. The second-order valence-corrected chi connectivity index (χ2v) is 5.59. The van der Waals surface area contributed by atoms with Crippen molar-refractivity contribution in [3.05, 3.63) is 35.1 Å². The molecule has 116 valence electrons. The summed E-state index contributed by atoms with van der Waals surface area (Å²) in [5.41, 5.74) is 1.72. The third-order valence-electron chi connectivity index (χ3n) is 3.80. The molecule has 0 aliphatic carbocycles. The van der Waals surface area contributed by atoms with Crippen LogP contribution in [0.3, 0.4) is 0 Å². The minimum absolute atomic E-state index is 0.165. The number of halogens is 1. The molecule has 2 rings (SSSR count). The zero-order valence-electron chi connectivity index (χ0n) is 13.0. The molecule has 0 radical (unpaired) electrons. The van der Waals surface area contributed by atoms with Gasteiger partial charge in [0.05, 0.1) is 6.61 Å². The van der Waals surface area contributed by atoms with Gasteiger partial charge in [-0.3, -0.25) is 4.99 Å². The van der Waals surface area contributed by atoms with Gasteiger partial charge in [0.2, 0.25) is 0 Å². The second-order valence-electron chi connectivity index (χ2n) is 5.59. The van der Waals surface area contributed by atoms with Crippen molar-refractivity contribution in [2.45, 2.75) is 19.9 Å². The largest absolute Gasteiger partial charge is 0.381 e. The van der Waals surface area contributed by atoms with Crippen LogP contribution in [0.1, 0.15) is 17.5 Å². The van der Waals surface area contributed by atoms with Crippen LogP contribution in [0.4, 0.5) is 4.39 Å². The van der Waals surface area contributed by atoms with Crippen molar-refractivity contribution >= 4 is 5.96 Å². The number of rotatable bonds is 4. The van der Waals surface area contributed by atoms with Crippen LogP contribution >= 0.6 is 0 Å². The maximum Gasteiger partial charge on any atom is 0.193 e. The van der Waals surface area contributed by atoms with Crippen LogP contribution in [0, 0.1) is 18.7 Å². The molecule has 0 amide bonds. The van der Waals surface area contributed by atoms with Gasteiger partial charge in [0, 0.05) is 39.7 Å². The maximum absolute atomic E-state index is 13.3. The van der Waals surface area contributed by atoms with Gasteiger partial charge in [-0.25, -0.2) is 4.39 Å². The molecule has 1 aliphatic heterocycles. The first-order valence-corrected chi connectivity index (χ1v) is 7.34. The molecule has 1 N–H and O–H groups in total. The Bertz CT molecular complexity index is 498. The van der Waals surface area contributed by atoms with E-state index in [0.29, 0.717) is 18.0 Å². The lowest BCUT2D eigenvalue weighted by atomic mass is 10.1. The van der Waals surface area contributed by atoms with Crippen molar-refractivity contribution in [1.82, 2.24) is 10.2 Å². The minimum atomic E-state index is -0.165. The SMILES string of the molecule is CN=C(NCc1ccc(F)c(C)c1)N(C)CC1CCOC1. The van der Waals surface area contributed by atoms with Gasteiger partial charge in [-0.1, -0.05) is 12.1 Å². The molecule has 1 fully saturated rings. The number of hydrogen-bond donors (Lipinski definition) is 1. The lowest BCUT2D eigenvalue weighted by Gasteiger charge is -2.24. The predicted octanol–water partition coefficient (Wildman–Crippen LogP) is 2.18. The quantitative estimate of drug-likeness (QED) is 0.683. The molecule has 5 heteroatoms. The zero-order valence-corrected chi connectivity index (χ0v) is 13.0. The van der Waals surface area contributed by atoms with E-state index in [1.54, 1.807) is 20.0 Å². The molecule has 0 saturated carbocycles. The minimum Gasteiger partial charge on any atom is -0.381 e. The van der Waals surface area contributed by atoms with Crippen LogP contribution < -0.4 is 5.32 Å². The van der Waals surface area contributed by atoms with Gasteiger partial charge >= 0.3 is 0 Å². The highest BCUT2D eigenvalue weighted by atomic mass is 19.1. The van der Waals surface area contributed by atoms with E-state index in [4.69, 9.17) is 4.74 Å². The number of aliphatic imine (C=N–C) groups is 1. The molecule has 1 heterocycles. The summed E-state index contributed by atoms with van der Waals surface area (Å²) in [6, 6.07) is 5.17. The Morgan fingerprint density at radius 1 is 1.52 bits per heavy atom. The molecule has 21 heavy (non-hydrogen) atoms. The van der Waals surface area contributed by atoms with Crippen LogP contribution in [0.15, 0.2) is 23.2 Å². The number of hydrogen-bond acceptors (Lipinski definition) is 2. The van der Waals surface area contributed by atoms with Crippen molar-refractivity contribution in [2.75, 3.05) is 33.9 Å². The monoisotopic (exact) mass is 293 g/mol. The normalized spacial score (nSPS) is 18.9. The molecule has 1 unspecified atom stereocenters. The van der Waals surface area contributed by atoms with E-state index in [1.807, 2.05) is 13.1 Å². The van der Waals surface area contributed by atoms with Crippen molar-refractivity contribution in [2.24, 2.45) is 10.9 Å². The van der Waals surface area contributed by atoms with Gasteiger partial charge < -0.3 is 15.0 Å². The lowest BCUT2D eigenvalue weighted by Crippen LogP contribution is -2.41. The van der Waals surface area contributed by atoms with Gasteiger partial charge in [0.25, 0.3) is 0 Å². The number of nitrogens with one attached hydrogen (secondary N) is 1. The van der Waals surface area contributed by atoms with E-state index in [2.05, 4.69) is 15.2 Å². The molecular formula is C16H24FN3O. The van der Waals surface area contributed by atoms with Crippen molar-refractivity contribution in [3.63, 3.8) is 0 Å². The van der Waals surface area contributed by atoms with Crippen LogP contribution in [0.2, 0.25) is 0 Å². The Kier molecular flexibility index (Phi) is 5.56. The van der Waals surface area contributed by atoms with Crippen LogP contribution in [0.5, 0.6) is 0 Å². The highest BCUT2D eigenvalue weighted by Crippen LogP contribution is 2.13. The molecule has 1 aliphatic rings. The molecule has 0 spiro atoms. The standard InChI is InChI=1S/C16H24FN3O/c1-12-8-13(4-5-15(12)17)9-19-16(18-2)20(3)10-14-6-7-21-11-14/h4-5,8,14H,6-7,9-11H2,1-3H3,(H,18,19). The van der Waals surface area contributed by atoms with Gasteiger partial charge in [-0.05, 0) is 30.5 Å². The number of aryl methyl sites for hydroxylation is 1. The number of benzene rings is 1. The van der Waals surface area contributed by atoms with Gasteiger partial charge in [0.1, 0.15) is 5.82 Å². The number of ether oxygens (including phenoxy) is 1. The molecule has 1 aromatic rings. The van der Waals surface area contributed by atoms with Crippen molar-refractivity contribution in [1.29, 1.82) is 0 Å². The smallest absolute Gasteiger partial charge is 0.193 e. The van der Waals surface area contributed by atoms with E-state index >= 15 is 0 Å². The zero-order chi connectivity index (χ0) is 15.2.